The number of hydrogen-bond acceptors (Lipinski definition) is 7. The number of amides is 1. The summed E-state index contributed by atoms with van der Waals surface area (Å²) in [6, 6.07) is 0. The molecule has 1 amide bonds. The van der Waals surface area contributed by atoms with Crippen LogP contribution in [-0.4, -0.2) is 56.3 Å². The van der Waals surface area contributed by atoms with Gasteiger partial charge in [-0.3, -0.25) is 9.59 Å². The molecule has 0 N–H and O–H groups in total. The highest BCUT2D eigenvalue weighted by atomic mass is 32.1. The van der Waals surface area contributed by atoms with Crippen LogP contribution in [0.15, 0.2) is 0 Å². The molecule has 0 bridgehead atoms. The van der Waals surface area contributed by atoms with Crippen molar-refractivity contribution in [3.8, 4) is 0 Å². The molecule has 0 spiro atoms. The molecule has 2 aromatic rings. The van der Waals surface area contributed by atoms with Gasteiger partial charge in [-0.25, -0.2) is 0 Å². The maximum Gasteiger partial charge on any atom is 0.310 e. The topological polar surface area (TPSA) is 89.7 Å². The van der Waals surface area contributed by atoms with Crippen LogP contribution in [0.4, 0.5) is 0 Å². The van der Waals surface area contributed by atoms with Crippen LogP contribution in [0, 0.1) is 12.8 Å². The summed E-state index contributed by atoms with van der Waals surface area (Å²) in [6.45, 7) is 5.19. The normalized spacial score (nSPS) is 18.1. The van der Waals surface area contributed by atoms with Gasteiger partial charge in [0.05, 0.1) is 12.5 Å². The average molecular weight is 351 g/mol. The van der Waals surface area contributed by atoms with Crippen LogP contribution in [0.25, 0.3) is 4.96 Å². The molecule has 0 aliphatic carbocycles. The zero-order valence-corrected chi connectivity index (χ0v) is 14.7. The second-order valence-corrected chi connectivity index (χ2v) is 6.91. The molecule has 1 aliphatic rings. The summed E-state index contributed by atoms with van der Waals surface area (Å²) < 4.78 is 6.77. The maximum atomic E-state index is 12.4. The molecular weight excluding hydrogens is 330 g/mol. The molecule has 0 saturated carbocycles. The van der Waals surface area contributed by atoms with Crippen molar-refractivity contribution in [2.45, 2.75) is 39.5 Å². The van der Waals surface area contributed by atoms with Crippen LogP contribution in [0.1, 0.15) is 37.0 Å². The number of ether oxygens (including phenoxy) is 1. The Morgan fingerprint density at radius 3 is 2.96 bits per heavy atom. The largest absolute Gasteiger partial charge is 0.466 e. The van der Waals surface area contributed by atoms with Gasteiger partial charge < -0.3 is 9.64 Å². The lowest BCUT2D eigenvalue weighted by Crippen LogP contribution is -2.42. The number of nitrogens with zero attached hydrogens (tertiary/aromatic N) is 5. The van der Waals surface area contributed by atoms with E-state index in [1.807, 2.05) is 6.92 Å². The SMILES string of the molecule is CCOC(=O)C1CCCN(C(=O)CCc2nn3c(C)nnc3s2)C1. The second-order valence-electron chi connectivity index (χ2n) is 5.87. The van der Waals surface area contributed by atoms with E-state index in [9.17, 15) is 9.59 Å². The Hall–Kier alpha value is -2.03. The van der Waals surface area contributed by atoms with Crippen LogP contribution in [0.3, 0.4) is 0 Å². The summed E-state index contributed by atoms with van der Waals surface area (Å²) in [4.78, 5) is 26.8. The predicted octanol–water partition coefficient (Wildman–Crippen LogP) is 1.23. The van der Waals surface area contributed by atoms with Crippen LogP contribution in [0.5, 0.6) is 0 Å². The molecule has 1 saturated heterocycles. The van der Waals surface area contributed by atoms with E-state index in [0.29, 0.717) is 32.5 Å². The fourth-order valence-electron chi connectivity index (χ4n) is 2.88. The van der Waals surface area contributed by atoms with Gasteiger partial charge in [-0.05, 0) is 26.7 Å². The summed E-state index contributed by atoms with van der Waals surface area (Å²) in [5, 5.41) is 13.3. The van der Waals surface area contributed by atoms with E-state index >= 15 is 0 Å². The molecule has 0 aromatic carbocycles. The van der Waals surface area contributed by atoms with Crippen molar-refractivity contribution >= 4 is 28.2 Å². The predicted molar refractivity (Wildman–Crippen MR) is 87.7 cm³/mol. The number of esters is 1. The van der Waals surface area contributed by atoms with Crippen LogP contribution >= 0.6 is 11.3 Å². The van der Waals surface area contributed by atoms with Crippen molar-refractivity contribution in [1.82, 2.24) is 24.7 Å². The number of fused-ring (bicyclic) bond motifs is 1. The van der Waals surface area contributed by atoms with Crippen LogP contribution in [0.2, 0.25) is 0 Å². The molecule has 130 valence electrons. The lowest BCUT2D eigenvalue weighted by Gasteiger charge is -2.31. The molecule has 8 nitrogen and oxygen atoms in total. The molecule has 24 heavy (non-hydrogen) atoms. The number of rotatable bonds is 5. The molecule has 3 heterocycles. The van der Waals surface area contributed by atoms with E-state index in [2.05, 4.69) is 15.3 Å². The first-order chi connectivity index (χ1) is 11.6. The molecular formula is C15H21N5O3S. The summed E-state index contributed by atoms with van der Waals surface area (Å²) >= 11 is 1.45. The van der Waals surface area contributed by atoms with Gasteiger partial charge in [0.15, 0.2) is 5.82 Å². The van der Waals surface area contributed by atoms with Crippen molar-refractivity contribution in [3.63, 3.8) is 0 Å². The third kappa shape index (κ3) is 3.55. The fraction of sp³-hybridized carbons (Fsp3) is 0.667. The molecule has 1 atom stereocenters. The molecule has 0 radical (unpaired) electrons. The van der Waals surface area contributed by atoms with Crippen molar-refractivity contribution in [1.29, 1.82) is 0 Å². The van der Waals surface area contributed by atoms with Crippen molar-refractivity contribution < 1.29 is 14.3 Å². The smallest absolute Gasteiger partial charge is 0.310 e. The average Bonchev–Trinajstić information content (AvgIpc) is 3.15. The molecule has 9 heteroatoms. The lowest BCUT2D eigenvalue weighted by molar-refractivity contribution is -0.151. The van der Waals surface area contributed by atoms with Gasteiger partial charge in [-0.1, -0.05) is 11.3 Å². The number of aromatic nitrogens is 4. The maximum absolute atomic E-state index is 12.4. The van der Waals surface area contributed by atoms with Gasteiger partial charge in [0.2, 0.25) is 10.9 Å². The first-order valence-corrected chi connectivity index (χ1v) is 9.02. The van der Waals surface area contributed by atoms with Gasteiger partial charge in [0.1, 0.15) is 5.01 Å². The minimum absolute atomic E-state index is 0.0617. The molecule has 3 rings (SSSR count). The van der Waals surface area contributed by atoms with Gasteiger partial charge in [-0.15, -0.1) is 10.2 Å². The van der Waals surface area contributed by atoms with Gasteiger partial charge in [0, 0.05) is 25.9 Å². The highest BCUT2D eigenvalue weighted by Gasteiger charge is 2.29. The zero-order valence-electron chi connectivity index (χ0n) is 13.9. The van der Waals surface area contributed by atoms with Crippen molar-refractivity contribution in [2.75, 3.05) is 19.7 Å². The van der Waals surface area contributed by atoms with Gasteiger partial charge in [0.25, 0.3) is 0 Å². The molecule has 1 aliphatic heterocycles. The van der Waals surface area contributed by atoms with E-state index < -0.39 is 0 Å². The zero-order chi connectivity index (χ0) is 17.1. The number of carbonyl (C=O) groups excluding carboxylic acids is 2. The number of aryl methyl sites for hydroxylation is 2. The van der Waals surface area contributed by atoms with E-state index in [4.69, 9.17) is 4.74 Å². The summed E-state index contributed by atoms with van der Waals surface area (Å²) in [5.41, 5.74) is 0. The Morgan fingerprint density at radius 2 is 2.21 bits per heavy atom. The van der Waals surface area contributed by atoms with E-state index in [1.54, 1.807) is 16.3 Å². The van der Waals surface area contributed by atoms with E-state index in [0.717, 1.165) is 28.6 Å². The van der Waals surface area contributed by atoms with E-state index in [-0.39, 0.29) is 17.8 Å². The first-order valence-electron chi connectivity index (χ1n) is 8.20. The molecule has 1 unspecified atom stereocenters. The minimum Gasteiger partial charge on any atom is -0.466 e. The molecule has 1 fully saturated rings. The summed E-state index contributed by atoms with van der Waals surface area (Å²) in [5.74, 6) is 0.414. The quantitative estimate of drug-likeness (QED) is 0.753. The fourth-order valence-corrected chi connectivity index (χ4v) is 3.76. The Balaban J connectivity index is 1.55. The molecule has 2 aromatic heterocycles. The number of piperidine rings is 1. The first kappa shape index (κ1) is 16.8. The van der Waals surface area contributed by atoms with Gasteiger partial charge in [-0.2, -0.15) is 9.61 Å². The Kier molecular flexibility index (Phi) is 5.08. The lowest BCUT2D eigenvalue weighted by atomic mass is 9.98. The number of hydrogen-bond donors (Lipinski definition) is 0. The highest BCUT2D eigenvalue weighted by Crippen LogP contribution is 2.20. The van der Waals surface area contributed by atoms with Crippen molar-refractivity contribution in [3.05, 3.63) is 10.8 Å². The Bertz CT molecular complexity index is 741. The third-order valence-electron chi connectivity index (χ3n) is 4.14. The third-order valence-corrected chi connectivity index (χ3v) is 5.09. The number of carbonyl (C=O) groups is 2. The monoisotopic (exact) mass is 351 g/mol. The standard InChI is InChI=1S/C15H21N5O3S/c1-3-23-14(22)11-5-4-8-19(9-11)13(21)7-6-12-18-20-10(2)16-17-15(20)24-12/h11H,3-9H2,1-2H3. The van der Waals surface area contributed by atoms with Crippen molar-refractivity contribution in [2.24, 2.45) is 5.92 Å². The van der Waals surface area contributed by atoms with Crippen LogP contribution in [-0.2, 0) is 20.7 Å². The highest BCUT2D eigenvalue weighted by molar-refractivity contribution is 7.16. The number of likely N-dealkylation sites (tertiary alicyclic amines) is 1. The second kappa shape index (κ2) is 7.25. The summed E-state index contributed by atoms with van der Waals surface area (Å²) in [7, 11) is 0. The Morgan fingerprint density at radius 1 is 1.38 bits per heavy atom. The van der Waals surface area contributed by atoms with Crippen LogP contribution < -0.4 is 0 Å². The van der Waals surface area contributed by atoms with E-state index in [1.165, 1.54) is 11.3 Å². The summed E-state index contributed by atoms with van der Waals surface area (Å²) in [6.07, 6.45) is 2.59. The minimum atomic E-state index is -0.195. The van der Waals surface area contributed by atoms with Gasteiger partial charge >= 0.3 is 5.97 Å². The Labute approximate surface area is 143 Å².